The molecule has 4 heteroatoms. The molecule has 0 amide bonds. The molecule has 0 bridgehead atoms. The first-order valence-electron chi connectivity index (χ1n) is 7.63. The fraction of sp³-hybridized carbons (Fsp3) is 0.278. The molecule has 3 heterocycles. The lowest BCUT2D eigenvalue weighted by atomic mass is 10.0. The first kappa shape index (κ1) is 13.7. The molecule has 22 heavy (non-hydrogen) atoms. The number of H-pyrrole nitrogens is 1. The van der Waals surface area contributed by atoms with Crippen LogP contribution in [0.2, 0.25) is 0 Å². The van der Waals surface area contributed by atoms with Gasteiger partial charge in [0.25, 0.3) is 0 Å². The van der Waals surface area contributed by atoms with E-state index >= 15 is 0 Å². The van der Waals surface area contributed by atoms with Gasteiger partial charge >= 0.3 is 0 Å². The van der Waals surface area contributed by atoms with Crippen LogP contribution in [0.3, 0.4) is 0 Å². The predicted octanol–water partition coefficient (Wildman–Crippen LogP) is 4.03. The van der Waals surface area contributed by atoms with Crippen LogP contribution in [0.15, 0.2) is 41.9 Å². The van der Waals surface area contributed by atoms with Gasteiger partial charge in [0.05, 0.1) is 6.54 Å². The van der Waals surface area contributed by atoms with E-state index in [2.05, 4.69) is 28.3 Å². The number of benzene rings is 1. The predicted molar refractivity (Wildman–Crippen MR) is 90.6 cm³/mol. The summed E-state index contributed by atoms with van der Waals surface area (Å²) in [6, 6.07) is 10.5. The van der Waals surface area contributed by atoms with Crippen LogP contribution in [-0.4, -0.2) is 28.8 Å². The van der Waals surface area contributed by atoms with Gasteiger partial charge in [-0.3, -0.25) is 9.69 Å². The van der Waals surface area contributed by atoms with Gasteiger partial charge in [-0.05, 0) is 36.4 Å². The van der Waals surface area contributed by atoms with E-state index < -0.39 is 0 Å². The van der Waals surface area contributed by atoms with Crippen molar-refractivity contribution in [3.63, 3.8) is 0 Å². The second kappa shape index (κ2) is 5.38. The zero-order chi connectivity index (χ0) is 15.1. The number of aromatic amines is 1. The van der Waals surface area contributed by atoms with Gasteiger partial charge in [0.2, 0.25) is 0 Å². The Kier molecular flexibility index (Phi) is 3.36. The second-order valence-electron chi connectivity index (χ2n) is 5.87. The summed E-state index contributed by atoms with van der Waals surface area (Å²) >= 11 is 1.83. The lowest BCUT2D eigenvalue weighted by Gasteiger charge is -2.32. The van der Waals surface area contributed by atoms with Gasteiger partial charge in [0.15, 0.2) is 5.78 Å². The zero-order valence-corrected chi connectivity index (χ0v) is 13.3. The van der Waals surface area contributed by atoms with Crippen molar-refractivity contribution in [3.05, 3.63) is 57.9 Å². The number of nitrogens with one attached hydrogen (secondary N) is 1. The van der Waals surface area contributed by atoms with E-state index in [4.69, 9.17) is 0 Å². The summed E-state index contributed by atoms with van der Waals surface area (Å²) in [5.41, 5.74) is 3.22. The standard InChI is InChI=1S/C18H18N2OS/c1-12-13-7-9-22-18(13)6-8-20(12)11-17(21)15-10-19-16-5-3-2-4-14(15)16/h2-5,7,9-10,12,19H,6,8,11H2,1H3. The molecule has 1 aromatic carbocycles. The molecule has 4 rings (SSSR count). The molecule has 1 aliphatic rings. The van der Waals surface area contributed by atoms with Gasteiger partial charge in [0, 0.05) is 40.1 Å². The van der Waals surface area contributed by atoms with Crippen molar-refractivity contribution < 1.29 is 4.79 Å². The maximum atomic E-state index is 12.7. The van der Waals surface area contributed by atoms with Crippen LogP contribution in [0.25, 0.3) is 10.9 Å². The molecule has 0 fully saturated rings. The average molecular weight is 310 g/mol. The number of carbonyl (C=O) groups excluding carboxylic acids is 1. The highest BCUT2D eigenvalue weighted by atomic mass is 32.1. The smallest absolute Gasteiger partial charge is 0.178 e. The third kappa shape index (κ3) is 2.19. The van der Waals surface area contributed by atoms with Crippen LogP contribution in [-0.2, 0) is 6.42 Å². The van der Waals surface area contributed by atoms with Gasteiger partial charge in [-0.1, -0.05) is 18.2 Å². The number of nitrogens with zero attached hydrogens (tertiary/aromatic N) is 1. The highest BCUT2D eigenvalue weighted by molar-refractivity contribution is 7.10. The first-order chi connectivity index (χ1) is 10.7. The summed E-state index contributed by atoms with van der Waals surface area (Å²) in [5.74, 6) is 0.197. The monoisotopic (exact) mass is 310 g/mol. The number of Topliss-reactive ketones (excluding diaryl/α,β-unsaturated/α-hetero) is 1. The number of ketones is 1. The fourth-order valence-corrected chi connectivity index (χ4v) is 4.31. The van der Waals surface area contributed by atoms with Gasteiger partial charge in [-0.2, -0.15) is 0 Å². The molecule has 3 nitrogen and oxygen atoms in total. The Balaban J connectivity index is 1.58. The number of thiophene rings is 1. The minimum absolute atomic E-state index is 0.197. The molecule has 2 aromatic heterocycles. The largest absolute Gasteiger partial charge is 0.360 e. The van der Waals surface area contributed by atoms with E-state index in [1.807, 2.05) is 41.8 Å². The molecular weight excluding hydrogens is 292 g/mol. The summed E-state index contributed by atoms with van der Waals surface area (Å²) in [6.07, 6.45) is 2.90. The van der Waals surface area contributed by atoms with E-state index in [0.717, 1.165) is 29.4 Å². The van der Waals surface area contributed by atoms with Crippen LogP contribution in [0.1, 0.15) is 33.8 Å². The Morgan fingerprint density at radius 2 is 2.23 bits per heavy atom. The normalized spacial score (nSPS) is 18.5. The molecule has 1 N–H and O–H groups in total. The molecule has 0 spiro atoms. The van der Waals surface area contributed by atoms with E-state index in [9.17, 15) is 4.79 Å². The van der Waals surface area contributed by atoms with E-state index in [0.29, 0.717) is 12.6 Å². The third-order valence-electron chi connectivity index (χ3n) is 4.64. The molecule has 3 aromatic rings. The number of carbonyl (C=O) groups is 1. The summed E-state index contributed by atoms with van der Waals surface area (Å²) in [7, 11) is 0. The van der Waals surface area contributed by atoms with Crippen molar-refractivity contribution in [2.75, 3.05) is 13.1 Å². The third-order valence-corrected chi connectivity index (χ3v) is 5.64. The first-order valence-corrected chi connectivity index (χ1v) is 8.51. The van der Waals surface area contributed by atoms with E-state index in [-0.39, 0.29) is 5.78 Å². The van der Waals surface area contributed by atoms with Gasteiger partial charge < -0.3 is 4.98 Å². The second-order valence-corrected chi connectivity index (χ2v) is 6.87. The number of hydrogen-bond donors (Lipinski definition) is 1. The summed E-state index contributed by atoms with van der Waals surface area (Å²) in [5, 5.41) is 3.18. The minimum Gasteiger partial charge on any atom is -0.360 e. The van der Waals surface area contributed by atoms with Crippen molar-refractivity contribution >= 4 is 28.0 Å². The Labute approximate surface area is 133 Å². The number of hydrogen-bond acceptors (Lipinski definition) is 3. The van der Waals surface area contributed by atoms with Crippen molar-refractivity contribution in [1.82, 2.24) is 9.88 Å². The van der Waals surface area contributed by atoms with Crippen molar-refractivity contribution in [2.24, 2.45) is 0 Å². The molecule has 0 saturated carbocycles. The maximum Gasteiger partial charge on any atom is 0.178 e. The fourth-order valence-electron chi connectivity index (χ4n) is 3.35. The van der Waals surface area contributed by atoms with Crippen molar-refractivity contribution in [2.45, 2.75) is 19.4 Å². The number of para-hydroxylation sites is 1. The van der Waals surface area contributed by atoms with Crippen molar-refractivity contribution in [3.8, 4) is 0 Å². The molecule has 1 aliphatic heterocycles. The quantitative estimate of drug-likeness (QED) is 0.741. The van der Waals surface area contributed by atoms with E-state index in [1.54, 1.807) is 0 Å². The minimum atomic E-state index is 0.197. The molecule has 1 atom stereocenters. The van der Waals surface area contributed by atoms with Gasteiger partial charge in [0.1, 0.15) is 0 Å². The molecule has 0 aliphatic carbocycles. The van der Waals surface area contributed by atoms with Gasteiger partial charge in [-0.25, -0.2) is 0 Å². The van der Waals surface area contributed by atoms with Crippen LogP contribution >= 0.6 is 11.3 Å². The number of aromatic nitrogens is 1. The molecular formula is C18H18N2OS. The molecule has 112 valence electrons. The summed E-state index contributed by atoms with van der Waals surface area (Å²) in [6.45, 7) is 3.65. The SMILES string of the molecule is CC1c2ccsc2CCN1CC(=O)c1c[nH]c2ccccc12. The van der Waals surface area contributed by atoms with E-state index in [1.165, 1.54) is 10.4 Å². The maximum absolute atomic E-state index is 12.7. The van der Waals surface area contributed by atoms with Crippen molar-refractivity contribution in [1.29, 1.82) is 0 Å². The summed E-state index contributed by atoms with van der Waals surface area (Å²) in [4.78, 5) is 19.7. The summed E-state index contributed by atoms with van der Waals surface area (Å²) < 4.78 is 0. The Morgan fingerprint density at radius 3 is 3.14 bits per heavy atom. The Bertz CT molecular complexity index is 832. The Hall–Kier alpha value is -1.91. The van der Waals surface area contributed by atoms with Crippen LogP contribution < -0.4 is 0 Å². The van der Waals surface area contributed by atoms with Crippen LogP contribution in [0.5, 0.6) is 0 Å². The van der Waals surface area contributed by atoms with Gasteiger partial charge in [-0.15, -0.1) is 11.3 Å². The highest BCUT2D eigenvalue weighted by Crippen LogP contribution is 2.33. The zero-order valence-electron chi connectivity index (χ0n) is 12.5. The topological polar surface area (TPSA) is 36.1 Å². The lowest BCUT2D eigenvalue weighted by molar-refractivity contribution is 0.0893. The molecule has 1 unspecified atom stereocenters. The molecule has 0 radical (unpaired) electrons. The average Bonchev–Trinajstić information content (AvgIpc) is 3.16. The number of rotatable bonds is 3. The van der Waals surface area contributed by atoms with Crippen LogP contribution in [0, 0.1) is 0 Å². The molecule has 0 saturated heterocycles. The number of fused-ring (bicyclic) bond motifs is 2. The van der Waals surface area contributed by atoms with Crippen LogP contribution in [0.4, 0.5) is 0 Å². The Morgan fingerprint density at radius 1 is 1.36 bits per heavy atom. The highest BCUT2D eigenvalue weighted by Gasteiger charge is 2.26. The lowest BCUT2D eigenvalue weighted by Crippen LogP contribution is -2.37.